The molecule has 0 unspecified atom stereocenters. The van der Waals surface area contributed by atoms with Crippen LogP contribution in [0.3, 0.4) is 0 Å². The summed E-state index contributed by atoms with van der Waals surface area (Å²) in [6.45, 7) is 4.55. The molecule has 4 rings (SSSR count). The van der Waals surface area contributed by atoms with Gasteiger partial charge in [-0.2, -0.15) is 9.61 Å². The number of hydrogen-bond acceptors (Lipinski definition) is 4. The average molecular weight is 347 g/mol. The molecule has 0 saturated carbocycles. The summed E-state index contributed by atoms with van der Waals surface area (Å²) in [5.41, 5.74) is 5.11. The fraction of sp³-hybridized carbons (Fsp3) is 0.150. The number of benzene rings is 1. The van der Waals surface area contributed by atoms with Gasteiger partial charge in [-0.25, -0.2) is 9.37 Å². The number of anilines is 1. The minimum Gasteiger partial charge on any atom is -0.364 e. The van der Waals surface area contributed by atoms with Crippen molar-refractivity contribution in [3.8, 4) is 11.1 Å². The van der Waals surface area contributed by atoms with Crippen LogP contribution in [0.2, 0.25) is 0 Å². The van der Waals surface area contributed by atoms with Crippen LogP contribution in [0, 0.1) is 19.7 Å². The van der Waals surface area contributed by atoms with Crippen molar-refractivity contribution >= 4 is 11.5 Å². The number of fused-ring (bicyclic) bond motifs is 1. The Morgan fingerprint density at radius 2 is 2.00 bits per heavy atom. The van der Waals surface area contributed by atoms with Crippen LogP contribution >= 0.6 is 0 Å². The largest absolute Gasteiger partial charge is 0.364 e. The first kappa shape index (κ1) is 16.2. The lowest BCUT2D eigenvalue weighted by Crippen LogP contribution is -2.10. The minimum absolute atomic E-state index is 0.279. The van der Waals surface area contributed by atoms with E-state index in [9.17, 15) is 4.39 Å². The van der Waals surface area contributed by atoms with Gasteiger partial charge in [0.05, 0.1) is 18.4 Å². The van der Waals surface area contributed by atoms with Crippen LogP contribution in [0.25, 0.3) is 16.8 Å². The third kappa shape index (κ3) is 2.90. The zero-order valence-corrected chi connectivity index (χ0v) is 14.6. The fourth-order valence-corrected chi connectivity index (χ4v) is 2.93. The van der Waals surface area contributed by atoms with Gasteiger partial charge in [-0.3, -0.25) is 4.98 Å². The van der Waals surface area contributed by atoms with Crippen molar-refractivity contribution < 1.29 is 4.39 Å². The van der Waals surface area contributed by atoms with E-state index < -0.39 is 0 Å². The number of nitrogens with one attached hydrogen (secondary N) is 1. The van der Waals surface area contributed by atoms with Gasteiger partial charge in [-0.15, -0.1) is 0 Å². The predicted octanol–water partition coefficient (Wildman–Crippen LogP) is 4.16. The Morgan fingerprint density at radius 1 is 1.12 bits per heavy atom. The van der Waals surface area contributed by atoms with E-state index in [1.54, 1.807) is 23.0 Å². The molecule has 0 aliphatic rings. The summed E-state index contributed by atoms with van der Waals surface area (Å²) >= 11 is 0. The third-order valence-corrected chi connectivity index (χ3v) is 4.43. The van der Waals surface area contributed by atoms with Crippen LogP contribution in [0.15, 0.2) is 54.9 Å². The summed E-state index contributed by atoms with van der Waals surface area (Å²) in [5, 5.41) is 7.90. The standard InChI is InChI=1S/C20H18FN5/c1-13-14(2)25-20-18(15-6-5-7-16(21)10-15)12-24-26(20)19(13)23-11-17-8-3-4-9-22-17/h3-10,12,23H,11H2,1-2H3. The highest BCUT2D eigenvalue weighted by molar-refractivity contribution is 5.78. The summed E-state index contributed by atoms with van der Waals surface area (Å²) in [7, 11) is 0. The second kappa shape index (κ2) is 6.55. The summed E-state index contributed by atoms with van der Waals surface area (Å²) in [6.07, 6.45) is 3.50. The molecule has 1 aromatic carbocycles. The van der Waals surface area contributed by atoms with Gasteiger partial charge in [0.15, 0.2) is 5.65 Å². The molecule has 3 heterocycles. The third-order valence-electron chi connectivity index (χ3n) is 4.43. The van der Waals surface area contributed by atoms with Gasteiger partial charge in [0, 0.05) is 23.0 Å². The van der Waals surface area contributed by atoms with Gasteiger partial charge in [0.1, 0.15) is 11.6 Å². The van der Waals surface area contributed by atoms with E-state index in [0.29, 0.717) is 12.2 Å². The molecule has 1 N–H and O–H groups in total. The maximum Gasteiger partial charge on any atom is 0.165 e. The van der Waals surface area contributed by atoms with Gasteiger partial charge >= 0.3 is 0 Å². The second-order valence-electron chi connectivity index (χ2n) is 6.15. The van der Waals surface area contributed by atoms with Crippen LogP contribution in [-0.2, 0) is 6.54 Å². The molecule has 0 aliphatic carbocycles. The molecule has 0 saturated heterocycles. The van der Waals surface area contributed by atoms with Crippen molar-refractivity contribution in [2.24, 2.45) is 0 Å². The van der Waals surface area contributed by atoms with Gasteiger partial charge in [-0.05, 0) is 43.7 Å². The number of aromatic nitrogens is 4. The molecule has 0 spiro atoms. The highest BCUT2D eigenvalue weighted by atomic mass is 19.1. The van der Waals surface area contributed by atoms with E-state index in [4.69, 9.17) is 0 Å². The molecular formula is C20H18FN5. The van der Waals surface area contributed by atoms with Gasteiger partial charge in [0.25, 0.3) is 0 Å². The van der Waals surface area contributed by atoms with E-state index in [1.165, 1.54) is 12.1 Å². The van der Waals surface area contributed by atoms with E-state index >= 15 is 0 Å². The van der Waals surface area contributed by atoms with Crippen LogP contribution in [0.1, 0.15) is 17.0 Å². The molecule has 0 aliphatic heterocycles. The summed E-state index contributed by atoms with van der Waals surface area (Å²) < 4.78 is 15.4. The molecule has 4 aromatic rings. The SMILES string of the molecule is Cc1nc2c(-c3cccc(F)c3)cnn2c(NCc2ccccn2)c1C. The molecule has 3 aromatic heterocycles. The summed E-state index contributed by atoms with van der Waals surface area (Å²) in [5.74, 6) is 0.583. The predicted molar refractivity (Wildman–Crippen MR) is 99.4 cm³/mol. The molecular weight excluding hydrogens is 329 g/mol. The molecule has 0 amide bonds. The Morgan fingerprint density at radius 3 is 2.77 bits per heavy atom. The first-order valence-electron chi connectivity index (χ1n) is 8.38. The minimum atomic E-state index is -0.279. The van der Waals surface area contributed by atoms with Gasteiger partial charge in [-0.1, -0.05) is 18.2 Å². The maximum atomic E-state index is 13.6. The molecule has 6 heteroatoms. The van der Waals surface area contributed by atoms with Crippen molar-refractivity contribution in [3.05, 3.63) is 77.6 Å². The van der Waals surface area contributed by atoms with Crippen molar-refractivity contribution in [1.82, 2.24) is 19.6 Å². The molecule has 0 bridgehead atoms. The topological polar surface area (TPSA) is 55.1 Å². The van der Waals surface area contributed by atoms with E-state index in [1.807, 2.05) is 38.1 Å². The number of halogens is 1. The monoisotopic (exact) mass is 347 g/mol. The van der Waals surface area contributed by atoms with Crippen molar-refractivity contribution in [2.75, 3.05) is 5.32 Å². The normalized spacial score (nSPS) is 11.0. The number of pyridine rings is 1. The fourth-order valence-electron chi connectivity index (χ4n) is 2.93. The molecule has 5 nitrogen and oxygen atoms in total. The van der Waals surface area contributed by atoms with Crippen molar-refractivity contribution in [1.29, 1.82) is 0 Å². The van der Waals surface area contributed by atoms with Gasteiger partial charge in [0.2, 0.25) is 0 Å². The van der Waals surface area contributed by atoms with Crippen LogP contribution < -0.4 is 5.32 Å². The van der Waals surface area contributed by atoms with E-state index in [-0.39, 0.29) is 5.82 Å². The number of hydrogen-bond donors (Lipinski definition) is 1. The first-order chi connectivity index (χ1) is 12.6. The highest BCUT2D eigenvalue weighted by Gasteiger charge is 2.15. The molecule has 26 heavy (non-hydrogen) atoms. The molecule has 0 radical (unpaired) electrons. The van der Waals surface area contributed by atoms with E-state index in [2.05, 4.69) is 20.4 Å². The van der Waals surface area contributed by atoms with Crippen LogP contribution in [-0.4, -0.2) is 19.6 Å². The first-order valence-corrected chi connectivity index (χ1v) is 8.38. The van der Waals surface area contributed by atoms with E-state index in [0.717, 1.165) is 33.9 Å². The zero-order chi connectivity index (χ0) is 18.1. The Balaban J connectivity index is 1.79. The lowest BCUT2D eigenvalue weighted by atomic mass is 10.1. The number of rotatable bonds is 4. The maximum absolute atomic E-state index is 13.6. The molecule has 0 fully saturated rings. The Labute approximate surface area is 150 Å². The highest BCUT2D eigenvalue weighted by Crippen LogP contribution is 2.28. The Kier molecular flexibility index (Phi) is 4.08. The smallest absolute Gasteiger partial charge is 0.165 e. The Bertz CT molecular complexity index is 1070. The quantitative estimate of drug-likeness (QED) is 0.602. The van der Waals surface area contributed by atoms with Crippen LogP contribution in [0.5, 0.6) is 0 Å². The van der Waals surface area contributed by atoms with Crippen molar-refractivity contribution in [3.63, 3.8) is 0 Å². The Hall–Kier alpha value is -3.28. The lowest BCUT2D eigenvalue weighted by Gasteiger charge is -2.13. The molecule has 0 atom stereocenters. The molecule has 130 valence electrons. The van der Waals surface area contributed by atoms with Crippen LogP contribution in [0.4, 0.5) is 10.2 Å². The summed E-state index contributed by atoms with van der Waals surface area (Å²) in [4.78, 5) is 9.02. The summed E-state index contributed by atoms with van der Waals surface area (Å²) in [6, 6.07) is 12.3. The second-order valence-corrected chi connectivity index (χ2v) is 6.15. The average Bonchev–Trinajstić information content (AvgIpc) is 3.06. The van der Waals surface area contributed by atoms with Gasteiger partial charge < -0.3 is 5.32 Å². The van der Waals surface area contributed by atoms with Crippen molar-refractivity contribution in [2.45, 2.75) is 20.4 Å². The zero-order valence-electron chi connectivity index (χ0n) is 14.6. The lowest BCUT2D eigenvalue weighted by molar-refractivity contribution is 0.628. The number of aryl methyl sites for hydroxylation is 1. The number of nitrogens with zero attached hydrogens (tertiary/aromatic N) is 4.